The van der Waals surface area contributed by atoms with Crippen LogP contribution < -0.4 is 19.5 Å². The van der Waals surface area contributed by atoms with Gasteiger partial charge in [0.15, 0.2) is 0 Å². The van der Waals surface area contributed by atoms with Crippen LogP contribution >= 0.6 is 11.6 Å². The number of likely N-dealkylation sites (N-methyl/N-ethyl adjacent to an activating group) is 1. The van der Waals surface area contributed by atoms with Gasteiger partial charge in [-0.05, 0) is 20.5 Å². The molecular weight excluding hydrogens is 585 g/mol. The number of halogens is 1. The number of benzene rings is 1. The number of rotatable bonds is 5. The molecule has 2 aromatic rings. The van der Waals surface area contributed by atoms with Crippen LogP contribution in [-0.2, 0) is 16.7 Å². The Labute approximate surface area is 240 Å². The normalized spacial score (nSPS) is 26.9. The van der Waals surface area contributed by atoms with E-state index in [1.54, 1.807) is 0 Å². The van der Waals surface area contributed by atoms with Gasteiger partial charge < -0.3 is 4.90 Å². The first kappa shape index (κ1) is 27.2. The molecule has 0 radical (unpaired) electrons. The van der Waals surface area contributed by atoms with Crippen LogP contribution in [0.3, 0.4) is 0 Å². The first-order valence-electron chi connectivity index (χ1n) is 13.6. The van der Waals surface area contributed by atoms with E-state index in [-0.39, 0.29) is 44.5 Å². The van der Waals surface area contributed by atoms with Gasteiger partial charge in [-0.25, -0.2) is 0 Å². The molecule has 6 rings (SSSR count). The summed E-state index contributed by atoms with van der Waals surface area (Å²) in [6.07, 6.45) is 3.40. The SMILES string of the molecule is C[Se]c1cc(C)[nH]c(=O)c1CN1CC2(CC2)c2c(Cl)c3c(c(C)c2C1=O)O[C@](C)([C@@H]1CC[C@@H](N(C)C)CO1)O3. The molecule has 0 unspecified atom stereocenters. The summed E-state index contributed by atoms with van der Waals surface area (Å²) in [5.74, 6) is 2.01. The molecule has 1 saturated heterocycles. The second-order valence-corrected chi connectivity index (χ2v) is 14.0. The van der Waals surface area contributed by atoms with Crippen molar-refractivity contribution in [3.63, 3.8) is 0 Å². The molecule has 1 aliphatic carbocycles. The summed E-state index contributed by atoms with van der Waals surface area (Å²) in [7, 11) is 4.13. The molecule has 3 atom stereocenters. The zero-order valence-corrected chi connectivity index (χ0v) is 25.9. The van der Waals surface area contributed by atoms with Crippen molar-refractivity contribution in [1.82, 2.24) is 14.8 Å². The van der Waals surface area contributed by atoms with E-state index < -0.39 is 5.79 Å². The van der Waals surface area contributed by atoms with Gasteiger partial charge in [0.2, 0.25) is 0 Å². The summed E-state index contributed by atoms with van der Waals surface area (Å²) in [5.41, 5.74) is 3.40. The molecule has 210 valence electrons. The summed E-state index contributed by atoms with van der Waals surface area (Å²) in [6.45, 7) is 7.14. The van der Waals surface area contributed by atoms with Crippen molar-refractivity contribution in [2.75, 3.05) is 27.2 Å². The minimum atomic E-state index is -1.02. The van der Waals surface area contributed by atoms with E-state index in [1.165, 1.54) is 0 Å². The molecule has 1 amide bonds. The summed E-state index contributed by atoms with van der Waals surface area (Å²) in [5, 5.41) is 0.479. The van der Waals surface area contributed by atoms with Gasteiger partial charge in [-0.1, -0.05) is 0 Å². The molecule has 0 bridgehead atoms. The monoisotopic (exact) mass is 621 g/mol. The quantitative estimate of drug-likeness (QED) is 0.517. The van der Waals surface area contributed by atoms with E-state index in [0.717, 1.165) is 47.0 Å². The average Bonchev–Trinajstić information content (AvgIpc) is 3.56. The number of ether oxygens (including phenoxy) is 3. The van der Waals surface area contributed by atoms with Crippen molar-refractivity contribution in [3.8, 4) is 11.5 Å². The summed E-state index contributed by atoms with van der Waals surface area (Å²) >= 11 is 7.22. The van der Waals surface area contributed by atoms with E-state index in [2.05, 4.69) is 29.8 Å². The van der Waals surface area contributed by atoms with Gasteiger partial charge in [0.05, 0.1) is 6.61 Å². The van der Waals surface area contributed by atoms with Gasteiger partial charge >= 0.3 is 203 Å². The molecule has 8 nitrogen and oxygen atoms in total. The van der Waals surface area contributed by atoms with E-state index >= 15 is 0 Å². The molecule has 2 fully saturated rings. The van der Waals surface area contributed by atoms with Crippen LogP contribution in [0.2, 0.25) is 10.8 Å². The van der Waals surface area contributed by atoms with Crippen LogP contribution in [0, 0.1) is 13.8 Å². The van der Waals surface area contributed by atoms with Crippen molar-refractivity contribution in [2.45, 2.75) is 82.2 Å². The topological polar surface area (TPSA) is 84.1 Å². The molecule has 1 aromatic carbocycles. The standard InChI is InChI=1S/C29H36ClN3O5Se/c1-15-11-19(39-6)18(26(34)31-15)12-33-14-29(9-10-29)22-21(27(33)35)16(2)24-25(23(22)30)38-28(3,37-24)20-8-7-17(13-36-20)32(4)5/h11,17,20H,7-10,12-14H2,1-6H3,(H,31,34)/t17-,20+,28+/m1/s1. The fourth-order valence-electron chi connectivity index (χ4n) is 6.46. The van der Waals surface area contributed by atoms with Crippen LogP contribution in [-0.4, -0.2) is 80.8 Å². The Hall–Kier alpha value is -2.03. The number of aromatic nitrogens is 1. The van der Waals surface area contributed by atoms with E-state index in [4.69, 9.17) is 25.8 Å². The average molecular weight is 621 g/mol. The zero-order chi connectivity index (χ0) is 27.9. The number of nitrogens with zero attached hydrogens (tertiary/aromatic N) is 2. The molecule has 39 heavy (non-hydrogen) atoms. The molecule has 1 aromatic heterocycles. The van der Waals surface area contributed by atoms with E-state index in [9.17, 15) is 9.59 Å². The Morgan fingerprint density at radius 2 is 1.90 bits per heavy atom. The maximum absolute atomic E-state index is 14.1. The van der Waals surface area contributed by atoms with Gasteiger partial charge in [-0.2, -0.15) is 0 Å². The van der Waals surface area contributed by atoms with E-state index in [0.29, 0.717) is 46.8 Å². The molecule has 10 heteroatoms. The predicted molar refractivity (Wildman–Crippen MR) is 151 cm³/mol. The summed E-state index contributed by atoms with van der Waals surface area (Å²) in [4.78, 5) is 33.9. The van der Waals surface area contributed by atoms with Gasteiger partial charge in [-0.3, -0.25) is 0 Å². The van der Waals surface area contributed by atoms with E-state index in [1.807, 2.05) is 31.7 Å². The van der Waals surface area contributed by atoms with Gasteiger partial charge in [-0.15, -0.1) is 0 Å². The number of hydrogen-bond donors (Lipinski definition) is 1. The van der Waals surface area contributed by atoms with Crippen LogP contribution in [0.4, 0.5) is 0 Å². The predicted octanol–water partition coefficient (Wildman–Crippen LogP) is 3.31. The molecule has 1 N–H and O–H groups in total. The Balaban J connectivity index is 1.35. The number of carbonyl (C=O) groups is 1. The number of pyridine rings is 1. The van der Waals surface area contributed by atoms with Crippen molar-refractivity contribution < 1.29 is 19.0 Å². The summed E-state index contributed by atoms with van der Waals surface area (Å²) in [6, 6.07) is 2.39. The molecule has 3 aliphatic heterocycles. The van der Waals surface area contributed by atoms with Crippen LogP contribution in [0.5, 0.6) is 11.5 Å². The maximum atomic E-state index is 14.1. The fourth-order valence-corrected chi connectivity index (χ4v) is 8.34. The Morgan fingerprint density at radius 3 is 2.51 bits per heavy atom. The second-order valence-electron chi connectivity index (χ2n) is 11.9. The number of amides is 1. The Morgan fingerprint density at radius 1 is 1.18 bits per heavy atom. The number of hydrogen-bond acceptors (Lipinski definition) is 6. The van der Waals surface area contributed by atoms with Crippen molar-refractivity contribution in [2.24, 2.45) is 0 Å². The zero-order valence-electron chi connectivity index (χ0n) is 23.4. The third kappa shape index (κ3) is 4.32. The third-order valence-corrected chi connectivity index (χ3v) is 11.0. The first-order valence-corrected chi connectivity index (χ1v) is 16.5. The number of aromatic amines is 1. The van der Waals surface area contributed by atoms with Crippen molar-refractivity contribution in [1.29, 1.82) is 0 Å². The molecule has 1 saturated carbocycles. The van der Waals surface area contributed by atoms with Gasteiger partial charge in [0, 0.05) is 6.04 Å². The Bertz CT molecular complexity index is 1410. The van der Waals surface area contributed by atoms with Crippen LogP contribution in [0.25, 0.3) is 0 Å². The molecular formula is C29H36ClN3O5Se. The van der Waals surface area contributed by atoms with Gasteiger partial charge in [0.1, 0.15) is 0 Å². The number of fused-ring (bicyclic) bond motifs is 3. The molecule has 1 spiro atoms. The number of carbonyl (C=O) groups excluding carboxylic acids is 1. The first-order chi connectivity index (χ1) is 18.5. The van der Waals surface area contributed by atoms with Crippen LogP contribution in [0.1, 0.15) is 65.3 Å². The molecule has 4 heterocycles. The van der Waals surface area contributed by atoms with Crippen LogP contribution in [0.15, 0.2) is 10.9 Å². The number of aryl methyl sites for hydroxylation is 1. The minimum absolute atomic E-state index is 0.112. The van der Waals surface area contributed by atoms with Gasteiger partial charge in [0.25, 0.3) is 0 Å². The Kier molecular flexibility index (Phi) is 6.63. The third-order valence-electron chi connectivity index (χ3n) is 8.94. The van der Waals surface area contributed by atoms with Crippen molar-refractivity contribution in [3.05, 3.63) is 49.4 Å². The number of H-pyrrole nitrogens is 1. The molecule has 4 aliphatic rings. The fraction of sp³-hybridized carbons (Fsp3) is 0.586. The number of nitrogens with one attached hydrogen (secondary N) is 1. The van der Waals surface area contributed by atoms with Crippen molar-refractivity contribution >= 4 is 36.9 Å². The second kappa shape index (κ2) is 9.52. The summed E-state index contributed by atoms with van der Waals surface area (Å²) < 4.78 is 20.2.